The maximum Gasteiger partial charge on any atom is 0.237 e. The Kier molecular flexibility index (Phi) is 5.73. The third-order valence-electron chi connectivity index (χ3n) is 3.87. The number of piperidine rings is 1. The van der Waals surface area contributed by atoms with Crippen LogP contribution in [0, 0.1) is 0 Å². The molecule has 134 valence electrons. The van der Waals surface area contributed by atoms with Crippen molar-refractivity contribution in [3.63, 3.8) is 0 Å². The highest BCUT2D eigenvalue weighted by Crippen LogP contribution is 2.25. The van der Waals surface area contributed by atoms with Crippen LogP contribution in [0.3, 0.4) is 0 Å². The zero-order valence-electron chi connectivity index (χ0n) is 13.8. The van der Waals surface area contributed by atoms with Gasteiger partial charge in [-0.2, -0.15) is 0 Å². The number of aromatic nitrogens is 2. The van der Waals surface area contributed by atoms with Crippen LogP contribution >= 0.6 is 0 Å². The largest absolute Gasteiger partial charge is 0.386 e. The van der Waals surface area contributed by atoms with Crippen LogP contribution in [-0.2, 0) is 14.8 Å². The minimum atomic E-state index is -3.43. The van der Waals surface area contributed by atoms with E-state index >= 15 is 0 Å². The molecule has 1 aliphatic heterocycles. The summed E-state index contributed by atoms with van der Waals surface area (Å²) < 4.78 is 24.3. The summed E-state index contributed by atoms with van der Waals surface area (Å²) in [5.74, 6) is 0.286. The Hall–Kier alpha value is -1.78. The number of likely N-dealkylation sites (N-methyl/N-ethyl adjacent to an activating group) is 1. The lowest BCUT2D eigenvalue weighted by atomic mass is 9.92. The molecule has 2 rings (SSSR count). The number of carbonyl (C=O) groups is 1. The Morgan fingerprint density at radius 3 is 2.88 bits per heavy atom. The number of amides is 1. The van der Waals surface area contributed by atoms with Gasteiger partial charge in [-0.3, -0.25) is 9.78 Å². The van der Waals surface area contributed by atoms with Gasteiger partial charge >= 0.3 is 0 Å². The molecule has 2 N–H and O–H groups in total. The number of hydrogen-bond acceptors (Lipinski definition) is 7. The van der Waals surface area contributed by atoms with Crippen LogP contribution in [0.15, 0.2) is 18.6 Å². The summed E-state index contributed by atoms with van der Waals surface area (Å²) in [4.78, 5) is 23.6. The zero-order chi connectivity index (χ0) is 17.8. The van der Waals surface area contributed by atoms with Gasteiger partial charge in [0.1, 0.15) is 5.82 Å². The van der Waals surface area contributed by atoms with E-state index in [4.69, 9.17) is 0 Å². The van der Waals surface area contributed by atoms with E-state index in [0.29, 0.717) is 18.8 Å². The van der Waals surface area contributed by atoms with E-state index < -0.39 is 21.5 Å². The summed E-state index contributed by atoms with van der Waals surface area (Å²) in [5, 5.41) is 10.8. The van der Waals surface area contributed by atoms with Crippen molar-refractivity contribution in [1.82, 2.24) is 19.6 Å². The first-order valence-corrected chi connectivity index (χ1v) is 9.50. The maximum absolute atomic E-state index is 12.0. The fourth-order valence-corrected chi connectivity index (χ4v) is 3.13. The van der Waals surface area contributed by atoms with E-state index in [-0.39, 0.29) is 13.1 Å². The van der Waals surface area contributed by atoms with Crippen molar-refractivity contribution < 1.29 is 18.3 Å². The molecule has 0 spiro atoms. The van der Waals surface area contributed by atoms with Crippen LogP contribution < -0.4 is 9.62 Å². The van der Waals surface area contributed by atoms with E-state index in [2.05, 4.69) is 14.7 Å². The molecule has 2 heterocycles. The fourth-order valence-electron chi connectivity index (χ4n) is 2.75. The van der Waals surface area contributed by atoms with Crippen LogP contribution in [0.1, 0.15) is 12.8 Å². The summed E-state index contributed by atoms with van der Waals surface area (Å²) in [7, 11) is -1.88. The topological polar surface area (TPSA) is 116 Å². The number of anilines is 1. The number of hydrogen-bond donors (Lipinski definition) is 2. The Morgan fingerprint density at radius 1 is 1.50 bits per heavy atom. The van der Waals surface area contributed by atoms with Gasteiger partial charge in [-0.25, -0.2) is 18.1 Å². The molecular weight excluding hydrogens is 334 g/mol. The molecule has 1 aliphatic rings. The van der Waals surface area contributed by atoms with Crippen LogP contribution in [0.25, 0.3) is 0 Å². The third kappa shape index (κ3) is 5.39. The highest BCUT2D eigenvalue weighted by atomic mass is 32.2. The number of nitrogens with one attached hydrogen (secondary N) is 1. The lowest BCUT2D eigenvalue weighted by Gasteiger charge is -2.41. The molecule has 1 saturated heterocycles. The smallest absolute Gasteiger partial charge is 0.237 e. The number of β-amino-alcohol motifs (C(OH)–C–C–N with tert-alkyl or cyclic N) is 1. The normalized spacial score (nSPS) is 21.5. The van der Waals surface area contributed by atoms with E-state index in [1.54, 1.807) is 25.6 Å². The first kappa shape index (κ1) is 18.6. The first-order valence-electron chi connectivity index (χ1n) is 7.60. The second kappa shape index (κ2) is 7.41. The molecule has 0 unspecified atom stereocenters. The lowest BCUT2D eigenvalue weighted by molar-refractivity contribution is -0.132. The van der Waals surface area contributed by atoms with Crippen molar-refractivity contribution in [2.24, 2.45) is 0 Å². The summed E-state index contributed by atoms with van der Waals surface area (Å²) in [6.45, 7) is 0.893. The predicted octanol–water partition coefficient (Wildman–Crippen LogP) is -1.18. The van der Waals surface area contributed by atoms with E-state index in [9.17, 15) is 18.3 Å². The highest BCUT2D eigenvalue weighted by molar-refractivity contribution is 7.88. The van der Waals surface area contributed by atoms with Gasteiger partial charge in [0.2, 0.25) is 15.9 Å². The molecular formula is C14H23N5O4S. The Labute approximate surface area is 141 Å². The average molecular weight is 357 g/mol. The van der Waals surface area contributed by atoms with Gasteiger partial charge in [0, 0.05) is 32.5 Å². The maximum atomic E-state index is 12.0. The fraction of sp³-hybridized carbons (Fsp3) is 0.643. The van der Waals surface area contributed by atoms with Gasteiger partial charge in [-0.05, 0) is 12.8 Å². The molecule has 1 aromatic rings. The van der Waals surface area contributed by atoms with Crippen molar-refractivity contribution in [3.8, 4) is 0 Å². The molecule has 0 aliphatic carbocycles. The van der Waals surface area contributed by atoms with Crippen LogP contribution in [0.5, 0.6) is 0 Å². The number of nitrogens with zero attached hydrogens (tertiary/aromatic N) is 4. The Morgan fingerprint density at radius 2 is 2.25 bits per heavy atom. The number of sulfonamides is 1. The molecule has 0 bridgehead atoms. The van der Waals surface area contributed by atoms with E-state index in [1.165, 1.54) is 4.90 Å². The second-order valence-corrected chi connectivity index (χ2v) is 7.99. The summed E-state index contributed by atoms with van der Waals surface area (Å²) in [6.07, 6.45) is 7.12. The van der Waals surface area contributed by atoms with Crippen LogP contribution in [-0.4, -0.2) is 79.4 Å². The van der Waals surface area contributed by atoms with Crippen molar-refractivity contribution in [2.45, 2.75) is 18.4 Å². The minimum absolute atomic E-state index is 0.119. The van der Waals surface area contributed by atoms with Gasteiger partial charge in [0.05, 0.1) is 31.1 Å². The third-order valence-corrected chi connectivity index (χ3v) is 4.54. The van der Waals surface area contributed by atoms with Crippen molar-refractivity contribution in [2.75, 3.05) is 44.4 Å². The van der Waals surface area contributed by atoms with Gasteiger partial charge < -0.3 is 14.9 Å². The van der Waals surface area contributed by atoms with Gasteiger partial charge in [0.25, 0.3) is 0 Å². The Bertz CT molecular complexity index is 669. The van der Waals surface area contributed by atoms with Crippen LogP contribution in [0.2, 0.25) is 0 Å². The standard InChI is InChI=1S/C14H23N5O4S/c1-18(13(20)9-17-24(2,22)23)10-14(21)4-3-7-19(11-14)12-8-15-5-6-16-12/h5-6,8,17,21H,3-4,7,9-11H2,1-2H3/t14-/m1/s1. The second-order valence-electron chi connectivity index (χ2n) is 6.16. The van der Waals surface area contributed by atoms with Gasteiger partial charge in [0.15, 0.2) is 0 Å². The van der Waals surface area contributed by atoms with Crippen molar-refractivity contribution in [3.05, 3.63) is 18.6 Å². The molecule has 24 heavy (non-hydrogen) atoms. The van der Waals surface area contributed by atoms with Crippen molar-refractivity contribution in [1.29, 1.82) is 0 Å². The molecule has 1 fully saturated rings. The van der Waals surface area contributed by atoms with Gasteiger partial charge in [-0.15, -0.1) is 0 Å². The molecule has 0 aromatic carbocycles. The molecule has 1 atom stereocenters. The molecule has 0 saturated carbocycles. The summed E-state index contributed by atoms with van der Waals surface area (Å²) >= 11 is 0. The molecule has 10 heteroatoms. The quantitative estimate of drug-likeness (QED) is 0.658. The van der Waals surface area contributed by atoms with Crippen LogP contribution in [0.4, 0.5) is 5.82 Å². The summed E-state index contributed by atoms with van der Waals surface area (Å²) in [5.41, 5.74) is -1.08. The minimum Gasteiger partial charge on any atom is -0.386 e. The number of aliphatic hydroxyl groups is 1. The zero-order valence-corrected chi connectivity index (χ0v) is 14.7. The molecule has 1 aromatic heterocycles. The molecule has 1 amide bonds. The molecule has 0 radical (unpaired) electrons. The average Bonchev–Trinajstić information content (AvgIpc) is 2.52. The van der Waals surface area contributed by atoms with Gasteiger partial charge in [-0.1, -0.05) is 0 Å². The Balaban J connectivity index is 1.96. The number of carbonyl (C=O) groups excluding carboxylic acids is 1. The molecule has 9 nitrogen and oxygen atoms in total. The van der Waals surface area contributed by atoms with Crippen molar-refractivity contribution >= 4 is 21.7 Å². The highest BCUT2D eigenvalue weighted by Gasteiger charge is 2.36. The lowest BCUT2D eigenvalue weighted by Crippen LogP contribution is -2.55. The number of rotatable bonds is 6. The van der Waals surface area contributed by atoms with E-state index in [1.807, 2.05) is 4.90 Å². The first-order chi connectivity index (χ1) is 11.2. The SMILES string of the molecule is CN(C[C@]1(O)CCCN(c2cnccn2)C1)C(=O)CNS(C)(=O)=O. The summed E-state index contributed by atoms with van der Waals surface area (Å²) in [6, 6.07) is 0. The van der Waals surface area contributed by atoms with E-state index in [0.717, 1.165) is 19.2 Å². The monoisotopic (exact) mass is 357 g/mol. The predicted molar refractivity (Wildman–Crippen MR) is 88.9 cm³/mol.